The molecule has 0 unspecified atom stereocenters. The number of carbonyl (C=O) groups excluding carboxylic acids is 1. The highest BCUT2D eigenvalue weighted by molar-refractivity contribution is 7.80. The fourth-order valence-electron chi connectivity index (χ4n) is 1.95. The molecule has 1 aromatic rings. The number of nitrogens with one attached hydrogen (secondary N) is 1. The Morgan fingerprint density at radius 1 is 1.17 bits per heavy atom. The average Bonchev–Trinajstić information content (AvgIpc) is 2.40. The van der Waals surface area contributed by atoms with E-state index >= 15 is 0 Å². The highest BCUT2D eigenvalue weighted by Gasteiger charge is 2.15. The van der Waals surface area contributed by atoms with Crippen LogP contribution in [-0.2, 0) is 0 Å². The zero-order chi connectivity index (χ0) is 13.0. The van der Waals surface area contributed by atoms with E-state index in [1.807, 2.05) is 4.90 Å². The molecular formula is C13H15FN2OS. The molecule has 3 nitrogen and oxygen atoms in total. The number of rotatable bonds is 1. The van der Waals surface area contributed by atoms with E-state index in [0.29, 0.717) is 10.7 Å². The number of amides is 1. The summed E-state index contributed by atoms with van der Waals surface area (Å²) in [5.41, 5.74) is 0.413. The second kappa shape index (κ2) is 5.91. The van der Waals surface area contributed by atoms with Crippen LogP contribution in [0.5, 0.6) is 0 Å². The van der Waals surface area contributed by atoms with Gasteiger partial charge in [-0.2, -0.15) is 0 Å². The predicted octanol–water partition coefficient (Wildman–Crippen LogP) is 2.33. The van der Waals surface area contributed by atoms with Gasteiger partial charge in [0.1, 0.15) is 5.82 Å². The highest BCUT2D eigenvalue weighted by Crippen LogP contribution is 2.09. The maximum absolute atomic E-state index is 12.7. The van der Waals surface area contributed by atoms with Crippen molar-refractivity contribution in [2.24, 2.45) is 0 Å². The first kappa shape index (κ1) is 13.0. The van der Waals surface area contributed by atoms with Gasteiger partial charge in [0.15, 0.2) is 5.11 Å². The predicted molar refractivity (Wildman–Crippen MR) is 71.9 cm³/mol. The summed E-state index contributed by atoms with van der Waals surface area (Å²) in [6, 6.07) is 5.42. The minimum atomic E-state index is -0.356. The van der Waals surface area contributed by atoms with Crippen LogP contribution < -0.4 is 5.32 Å². The van der Waals surface area contributed by atoms with Gasteiger partial charge < -0.3 is 4.90 Å². The van der Waals surface area contributed by atoms with E-state index in [4.69, 9.17) is 12.2 Å². The third-order valence-corrected chi connectivity index (χ3v) is 3.33. The summed E-state index contributed by atoms with van der Waals surface area (Å²) in [6.45, 7) is 1.78. The third-order valence-electron chi connectivity index (χ3n) is 2.97. The summed E-state index contributed by atoms with van der Waals surface area (Å²) in [5, 5.41) is 3.14. The number of likely N-dealkylation sites (tertiary alicyclic amines) is 1. The Labute approximate surface area is 111 Å². The molecule has 2 rings (SSSR count). The van der Waals surface area contributed by atoms with Gasteiger partial charge in [0.05, 0.1) is 0 Å². The third kappa shape index (κ3) is 3.26. The van der Waals surface area contributed by atoms with E-state index in [-0.39, 0.29) is 11.7 Å². The molecule has 1 fully saturated rings. The first-order chi connectivity index (χ1) is 8.66. The number of benzene rings is 1. The molecule has 1 N–H and O–H groups in total. The fraction of sp³-hybridized carbons (Fsp3) is 0.385. The SMILES string of the molecule is O=C(NC(=S)N1CCCCC1)c1ccc(F)cc1. The maximum atomic E-state index is 12.7. The smallest absolute Gasteiger partial charge is 0.257 e. The van der Waals surface area contributed by atoms with Crippen LogP contribution in [0.25, 0.3) is 0 Å². The number of hydrogen-bond acceptors (Lipinski definition) is 2. The van der Waals surface area contributed by atoms with Crippen LogP contribution in [0.3, 0.4) is 0 Å². The number of nitrogens with zero attached hydrogens (tertiary/aromatic N) is 1. The lowest BCUT2D eigenvalue weighted by molar-refractivity contribution is 0.0972. The van der Waals surface area contributed by atoms with Crippen molar-refractivity contribution in [1.82, 2.24) is 10.2 Å². The zero-order valence-corrected chi connectivity index (χ0v) is 10.8. The van der Waals surface area contributed by atoms with E-state index in [9.17, 15) is 9.18 Å². The molecule has 0 spiro atoms. The molecule has 5 heteroatoms. The van der Waals surface area contributed by atoms with Crippen LogP contribution in [0.1, 0.15) is 29.6 Å². The van der Waals surface area contributed by atoms with Crippen molar-refractivity contribution in [3.63, 3.8) is 0 Å². The summed E-state index contributed by atoms with van der Waals surface area (Å²) in [6.07, 6.45) is 3.42. The molecule has 0 radical (unpaired) electrons. The Morgan fingerprint density at radius 3 is 2.39 bits per heavy atom. The molecule has 0 atom stereocenters. The standard InChI is InChI=1S/C13H15FN2OS/c14-11-6-4-10(5-7-11)12(17)15-13(18)16-8-2-1-3-9-16/h4-7H,1-3,8-9H2,(H,15,17,18). The number of carbonyl (C=O) groups is 1. The molecule has 18 heavy (non-hydrogen) atoms. The van der Waals surface area contributed by atoms with E-state index in [1.165, 1.54) is 30.7 Å². The average molecular weight is 266 g/mol. The van der Waals surface area contributed by atoms with Crippen LogP contribution in [0.15, 0.2) is 24.3 Å². The van der Waals surface area contributed by atoms with Crippen LogP contribution in [0, 0.1) is 5.82 Å². The summed E-state index contributed by atoms with van der Waals surface area (Å²) < 4.78 is 12.7. The molecule has 0 saturated carbocycles. The van der Waals surface area contributed by atoms with Crippen LogP contribution >= 0.6 is 12.2 Å². The number of hydrogen-bond donors (Lipinski definition) is 1. The lowest BCUT2D eigenvalue weighted by atomic mass is 10.1. The van der Waals surface area contributed by atoms with Crippen molar-refractivity contribution in [3.8, 4) is 0 Å². The monoisotopic (exact) mass is 266 g/mol. The lowest BCUT2D eigenvalue weighted by Crippen LogP contribution is -2.44. The van der Waals surface area contributed by atoms with E-state index in [2.05, 4.69) is 5.32 Å². The molecule has 0 aromatic heterocycles. The summed E-state index contributed by atoms with van der Waals surface area (Å²) in [4.78, 5) is 13.9. The highest BCUT2D eigenvalue weighted by atomic mass is 32.1. The molecular weight excluding hydrogens is 251 g/mol. The Morgan fingerprint density at radius 2 is 1.78 bits per heavy atom. The summed E-state index contributed by atoms with van der Waals surface area (Å²) >= 11 is 5.20. The molecule has 1 saturated heterocycles. The largest absolute Gasteiger partial charge is 0.349 e. The summed E-state index contributed by atoms with van der Waals surface area (Å²) in [7, 11) is 0. The zero-order valence-electron chi connectivity index (χ0n) is 9.99. The second-order valence-corrected chi connectivity index (χ2v) is 4.70. The second-order valence-electron chi connectivity index (χ2n) is 4.31. The van der Waals surface area contributed by atoms with Crippen molar-refractivity contribution in [2.75, 3.05) is 13.1 Å². The normalized spacial score (nSPS) is 15.3. The van der Waals surface area contributed by atoms with Gasteiger partial charge in [0.25, 0.3) is 5.91 Å². The van der Waals surface area contributed by atoms with Gasteiger partial charge in [-0.15, -0.1) is 0 Å². The molecule has 1 aromatic carbocycles. The first-order valence-corrected chi connectivity index (χ1v) is 6.43. The van der Waals surface area contributed by atoms with Crippen molar-refractivity contribution in [2.45, 2.75) is 19.3 Å². The summed E-state index contributed by atoms with van der Waals surface area (Å²) in [5.74, 6) is -0.643. The Bertz CT molecular complexity index is 441. The van der Waals surface area contributed by atoms with Gasteiger partial charge in [0.2, 0.25) is 0 Å². The van der Waals surface area contributed by atoms with Crippen LogP contribution in [0.2, 0.25) is 0 Å². The Kier molecular flexibility index (Phi) is 4.25. The Hall–Kier alpha value is -1.49. The maximum Gasteiger partial charge on any atom is 0.257 e. The first-order valence-electron chi connectivity index (χ1n) is 6.02. The van der Waals surface area contributed by atoms with Gasteiger partial charge in [-0.25, -0.2) is 4.39 Å². The van der Waals surface area contributed by atoms with Crippen molar-refractivity contribution < 1.29 is 9.18 Å². The quantitative estimate of drug-likeness (QED) is 0.792. The number of halogens is 1. The van der Waals surface area contributed by atoms with Crippen LogP contribution in [0.4, 0.5) is 4.39 Å². The minimum Gasteiger partial charge on any atom is -0.349 e. The van der Waals surface area contributed by atoms with Crippen molar-refractivity contribution >= 4 is 23.2 Å². The van der Waals surface area contributed by atoms with Gasteiger partial charge in [-0.3, -0.25) is 10.1 Å². The van der Waals surface area contributed by atoms with Crippen molar-refractivity contribution in [3.05, 3.63) is 35.6 Å². The van der Waals surface area contributed by atoms with Gasteiger partial charge in [-0.1, -0.05) is 0 Å². The topological polar surface area (TPSA) is 32.3 Å². The number of thiocarbonyl (C=S) groups is 1. The van der Waals surface area contributed by atoms with Gasteiger partial charge in [-0.05, 0) is 55.7 Å². The molecule has 0 aliphatic carbocycles. The Balaban J connectivity index is 1.94. The van der Waals surface area contributed by atoms with E-state index < -0.39 is 0 Å². The molecule has 1 aliphatic rings. The molecule has 1 aliphatic heterocycles. The minimum absolute atomic E-state index is 0.287. The molecule has 96 valence electrons. The molecule has 1 amide bonds. The van der Waals surface area contributed by atoms with Gasteiger partial charge >= 0.3 is 0 Å². The van der Waals surface area contributed by atoms with Crippen LogP contribution in [-0.4, -0.2) is 29.0 Å². The van der Waals surface area contributed by atoms with E-state index in [1.54, 1.807) is 0 Å². The molecule has 0 bridgehead atoms. The van der Waals surface area contributed by atoms with E-state index in [0.717, 1.165) is 25.9 Å². The molecule has 1 heterocycles. The number of piperidine rings is 1. The van der Waals surface area contributed by atoms with Gasteiger partial charge in [0, 0.05) is 18.7 Å². The fourth-order valence-corrected chi connectivity index (χ4v) is 2.22. The van der Waals surface area contributed by atoms with Crippen molar-refractivity contribution in [1.29, 1.82) is 0 Å². The lowest BCUT2D eigenvalue weighted by Gasteiger charge is -2.28.